The standard InChI is InChI=1S/C14H20ClNO2/c1-4-18-13-6-5-12(9-11(13)2)7-8-16(3)14(17)10-15/h5-6,9H,4,7-8,10H2,1-3H3. The second-order valence-corrected chi connectivity index (χ2v) is 4.50. The SMILES string of the molecule is CCOc1ccc(CCN(C)C(=O)CCl)cc1C. The van der Waals surface area contributed by atoms with Crippen molar-refractivity contribution in [1.29, 1.82) is 0 Å². The Bertz CT molecular complexity index is 407. The molecule has 0 spiro atoms. The highest BCUT2D eigenvalue weighted by Gasteiger charge is 2.07. The smallest absolute Gasteiger partial charge is 0.237 e. The second kappa shape index (κ2) is 7.27. The Labute approximate surface area is 114 Å². The average Bonchev–Trinajstić information content (AvgIpc) is 2.38. The van der Waals surface area contributed by atoms with E-state index < -0.39 is 0 Å². The van der Waals surface area contributed by atoms with Gasteiger partial charge in [-0.15, -0.1) is 11.6 Å². The van der Waals surface area contributed by atoms with Gasteiger partial charge in [-0.1, -0.05) is 12.1 Å². The topological polar surface area (TPSA) is 29.5 Å². The maximum atomic E-state index is 11.3. The largest absolute Gasteiger partial charge is 0.494 e. The van der Waals surface area contributed by atoms with E-state index in [-0.39, 0.29) is 11.8 Å². The minimum Gasteiger partial charge on any atom is -0.494 e. The molecule has 0 heterocycles. The molecule has 0 aliphatic carbocycles. The van der Waals surface area contributed by atoms with Gasteiger partial charge in [0.25, 0.3) is 0 Å². The average molecular weight is 270 g/mol. The lowest BCUT2D eigenvalue weighted by Gasteiger charge is -2.16. The molecule has 3 nitrogen and oxygen atoms in total. The summed E-state index contributed by atoms with van der Waals surface area (Å²) < 4.78 is 5.49. The number of benzene rings is 1. The minimum atomic E-state index is -0.0423. The molecule has 0 N–H and O–H groups in total. The summed E-state index contributed by atoms with van der Waals surface area (Å²) in [6.07, 6.45) is 0.826. The highest BCUT2D eigenvalue weighted by Crippen LogP contribution is 2.19. The number of aryl methyl sites for hydroxylation is 1. The van der Waals surface area contributed by atoms with Gasteiger partial charge in [0.1, 0.15) is 11.6 Å². The van der Waals surface area contributed by atoms with E-state index >= 15 is 0 Å². The van der Waals surface area contributed by atoms with E-state index in [4.69, 9.17) is 16.3 Å². The van der Waals surface area contributed by atoms with Crippen LogP contribution in [0.25, 0.3) is 0 Å². The van der Waals surface area contributed by atoms with Gasteiger partial charge in [0, 0.05) is 13.6 Å². The number of hydrogen-bond acceptors (Lipinski definition) is 2. The van der Waals surface area contributed by atoms with Crippen LogP contribution in [-0.4, -0.2) is 36.9 Å². The van der Waals surface area contributed by atoms with E-state index in [9.17, 15) is 4.79 Å². The van der Waals surface area contributed by atoms with Gasteiger partial charge in [0.2, 0.25) is 5.91 Å². The molecule has 0 saturated carbocycles. The number of hydrogen-bond donors (Lipinski definition) is 0. The summed E-state index contributed by atoms with van der Waals surface area (Å²) >= 11 is 5.50. The molecule has 18 heavy (non-hydrogen) atoms. The molecule has 1 rings (SSSR count). The van der Waals surface area contributed by atoms with E-state index in [1.807, 2.05) is 26.0 Å². The van der Waals surface area contributed by atoms with Gasteiger partial charge in [-0.05, 0) is 37.5 Å². The first-order valence-electron chi connectivity index (χ1n) is 6.10. The van der Waals surface area contributed by atoms with E-state index in [0.717, 1.165) is 17.7 Å². The number of alkyl halides is 1. The van der Waals surface area contributed by atoms with Crippen molar-refractivity contribution in [3.05, 3.63) is 29.3 Å². The maximum absolute atomic E-state index is 11.3. The molecule has 0 fully saturated rings. The molecular formula is C14H20ClNO2. The van der Waals surface area contributed by atoms with Crippen molar-refractivity contribution in [1.82, 2.24) is 4.90 Å². The summed E-state index contributed by atoms with van der Waals surface area (Å²) in [5.41, 5.74) is 2.32. The third-order valence-corrected chi connectivity index (χ3v) is 3.04. The van der Waals surface area contributed by atoms with Gasteiger partial charge in [0.05, 0.1) is 6.61 Å². The van der Waals surface area contributed by atoms with Gasteiger partial charge >= 0.3 is 0 Å². The van der Waals surface area contributed by atoms with Gasteiger partial charge in [-0.2, -0.15) is 0 Å². The number of ether oxygens (including phenoxy) is 1. The molecular weight excluding hydrogens is 250 g/mol. The zero-order valence-electron chi connectivity index (χ0n) is 11.2. The Balaban J connectivity index is 2.58. The van der Waals surface area contributed by atoms with Gasteiger partial charge in [-0.3, -0.25) is 4.79 Å². The van der Waals surface area contributed by atoms with Crippen molar-refractivity contribution in [2.75, 3.05) is 26.1 Å². The summed E-state index contributed by atoms with van der Waals surface area (Å²) in [5, 5.41) is 0. The number of carbonyl (C=O) groups excluding carboxylic acids is 1. The van der Waals surface area contributed by atoms with Crippen LogP contribution in [0, 0.1) is 6.92 Å². The molecule has 0 aliphatic heterocycles. The van der Waals surface area contributed by atoms with Crippen LogP contribution in [0.3, 0.4) is 0 Å². The second-order valence-electron chi connectivity index (χ2n) is 4.23. The summed E-state index contributed by atoms with van der Waals surface area (Å²) in [6.45, 7) is 5.36. The summed E-state index contributed by atoms with van der Waals surface area (Å²) in [5.74, 6) is 0.921. The number of likely N-dealkylation sites (N-methyl/N-ethyl adjacent to an activating group) is 1. The molecule has 0 unspecified atom stereocenters. The van der Waals surface area contributed by atoms with Crippen LogP contribution in [0.15, 0.2) is 18.2 Å². The molecule has 0 saturated heterocycles. The van der Waals surface area contributed by atoms with Gasteiger partial charge in [-0.25, -0.2) is 0 Å². The van der Waals surface area contributed by atoms with Crippen LogP contribution in [0.1, 0.15) is 18.1 Å². The summed E-state index contributed by atoms with van der Waals surface area (Å²) in [6, 6.07) is 6.12. The first kappa shape index (κ1) is 14.8. The molecule has 0 aliphatic rings. The number of rotatable bonds is 6. The van der Waals surface area contributed by atoms with E-state index in [1.165, 1.54) is 5.56 Å². The maximum Gasteiger partial charge on any atom is 0.237 e. The molecule has 0 aromatic heterocycles. The van der Waals surface area contributed by atoms with Crippen molar-refractivity contribution in [2.24, 2.45) is 0 Å². The molecule has 0 radical (unpaired) electrons. The van der Waals surface area contributed by atoms with Crippen molar-refractivity contribution in [2.45, 2.75) is 20.3 Å². The Kier molecular flexibility index (Phi) is 5.99. The number of nitrogens with zero attached hydrogens (tertiary/aromatic N) is 1. The fourth-order valence-corrected chi connectivity index (χ4v) is 1.91. The van der Waals surface area contributed by atoms with Crippen molar-refractivity contribution in [3.8, 4) is 5.75 Å². The van der Waals surface area contributed by atoms with Gasteiger partial charge in [0.15, 0.2) is 0 Å². The fraction of sp³-hybridized carbons (Fsp3) is 0.500. The lowest BCUT2D eigenvalue weighted by atomic mass is 10.1. The highest BCUT2D eigenvalue weighted by molar-refractivity contribution is 6.27. The fourth-order valence-electron chi connectivity index (χ4n) is 1.71. The van der Waals surface area contributed by atoms with Crippen molar-refractivity contribution >= 4 is 17.5 Å². The zero-order chi connectivity index (χ0) is 13.5. The number of amides is 1. The third kappa shape index (κ3) is 4.22. The van der Waals surface area contributed by atoms with Crippen LogP contribution in [-0.2, 0) is 11.2 Å². The van der Waals surface area contributed by atoms with Crippen LogP contribution in [0.2, 0.25) is 0 Å². The summed E-state index contributed by atoms with van der Waals surface area (Å²) in [7, 11) is 1.77. The molecule has 1 amide bonds. The highest BCUT2D eigenvalue weighted by atomic mass is 35.5. The number of carbonyl (C=O) groups is 1. The number of halogens is 1. The van der Waals surface area contributed by atoms with E-state index in [2.05, 4.69) is 6.07 Å². The predicted octanol–water partition coefficient (Wildman–Crippen LogP) is 2.63. The monoisotopic (exact) mass is 269 g/mol. The zero-order valence-corrected chi connectivity index (χ0v) is 12.0. The van der Waals surface area contributed by atoms with Crippen LogP contribution in [0.4, 0.5) is 0 Å². The Morgan fingerprint density at radius 2 is 2.17 bits per heavy atom. The van der Waals surface area contributed by atoms with Crippen molar-refractivity contribution < 1.29 is 9.53 Å². The lowest BCUT2D eigenvalue weighted by molar-refractivity contribution is -0.127. The Hall–Kier alpha value is -1.22. The van der Waals surface area contributed by atoms with Crippen LogP contribution in [0.5, 0.6) is 5.75 Å². The third-order valence-electron chi connectivity index (χ3n) is 2.82. The minimum absolute atomic E-state index is 0.0405. The predicted molar refractivity (Wildman–Crippen MR) is 74.4 cm³/mol. The van der Waals surface area contributed by atoms with Crippen LogP contribution >= 0.6 is 11.6 Å². The Morgan fingerprint density at radius 3 is 2.72 bits per heavy atom. The molecule has 100 valence electrons. The van der Waals surface area contributed by atoms with Gasteiger partial charge < -0.3 is 9.64 Å². The quantitative estimate of drug-likeness (QED) is 0.743. The lowest BCUT2D eigenvalue weighted by Crippen LogP contribution is -2.29. The Morgan fingerprint density at radius 1 is 1.44 bits per heavy atom. The van der Waals surface area contributed by atoms with E-state index in [0.29, 0.717) is 13.2 Å². The molecule has 0 bridgehead atoms. The normalized spacial score (nSPS) is 10.2. The molecule has 4 heteroatoms. The molecule has 0 atom stereocenters. The van der Waals surface area contributed by atoms with Crippen LogP contribution < -0.4 is 4.74 Å². The van der Waals surface area contributed by atoms with Crippen molar-refractivity contribution in [3.63, 3.8) is 0 Å². The first-order valence-corrected chi connectivity index (χ1v) is 6.64. The molecule has 1 aromatic rings. The molecule has 1 aromatic carbocycles. The van der Waals surface area contributed by atoms with E-state index in [1.54, 1.807) is 11.9 Å². The summed E-state index contributed by atoms with van der Waals surface area (Å²) in [4.78, 5) is 13.0. The first-order chi connectivity index (χ1) is 8.58.